The first kappa shape index (κ1) is 10.8. The third-order valence-electron chi connectivity index (χ3n) is 1.99. The van der Waals surface area contributed by atoms with Crippen molar-refractivity contribution in [2.75, 3.05) is 6.61 Å². The van der Waals surface area contributed by atoms with Gasteiger partial charge in [-0.3, -0.25) is 4.79 Å². The first-order chi connectivity index (χ1) is 6.83. The molecule has 0 unspecified atom stereocenters. The Morgan fingerprint density at radius 2 is 2.00 bits per heavy atom. The molecule has 2 nitrogen and oxygen atoms in total. The van der Waals surface area contributed by atoms with Gasteiger partial charge in [0.05, 0.1) is 6.61 Å². The molecule has 0 fully saturated rings. The van der Waals surface area contributed by atoms with Crippen LogP contribution in [0.15, 0.2) is 30.3 Å². The highest BCUT2D eigenvalue weighted by molar-refractivity contribution is 5.69. The third kappa shape index (κ3) is 4.08. The van der Waals surface area contributed by atoms with E-state index >= 15 is 0 Å². The minimum atomic E-state index is -0.0940. The first-order valence-electron chi connectivity index (χ1n) is 5.02. The number of ether oxygens (including phenoxy) is 1. The van der Waals surface area contributed by atoms with Crippen LogP contribution in [-0.4, -0.2) is 12.6 Å². The second-order valence-electron chi connectivity index (χ2n) is 3.14. The standard InChI is InChI=1S/C12H16O2/c1-2-14-12(13)10-6-9-11-7-4-3-5-8-11/h3-5,7-8H,2,6,9-10H2,1H3. The third-order valence-corrected chi connectivity index (χ3v) is 1.99. The maximum Gasteiger partial charge on any atom is 0.305 e. The number of carbonyl (C=O) groups excluding carboxylic acids is 1. The van der Waals surface area contributed by atoms with Crippen molar-refractivity contribution in [3.63, 3.8) is 0 Å². The quantitative estimate of drug-likeness (QED) is 0.670. The maximum absolute atomic E-state index is 11.0. The smallest absolute Gasteiger partial charge is 0.305 e. The normalized spacial score (nSPS) is 9.79. The summed E-state index contributed by atoms with van der Waals surface area (Å²) in [5, 5.41) is 0. The molecule has 0 aliphatic carbocycles. The van der Waals surface area contributed by atoms with E-state index in [-0.39, 0.29) is 5.97 Å². The van der Waals surface area contributed by atoms with Crippen molar-refractivity contribution < 1.29 is 9.53 Å². The average Bonchev–Trinajstić information content (AvgIpc) is 2.20. The lowest BCUT2D eigenvalue weighted by atomic mass is 10.1. The monoisotopic (exact) mass is 192 g/mol. The predicted molar refractivity (Wildman–Crippen MR) is 56.0 cm³/mol. The lowest BCUT2D eigenvalue weighted by molar-refractivity contribution is -0.143. The Balaban J connectivity index is 2.19. The first-order valence-corrected chi connectivity index (χ1v) is 5.02. The molecule has 0 atom stereocenters. The summed E-state index contributed by atoms with van der Waals surface area (Å²) in [6.45, 7) is 2.30. The summed E-state index contributed by atoms with van der Waals surface area (Å²) in [4.78, 5) is 11.0. The number of benzene rings is 1. The summed E-state index contributed by atoms with van der Waals surface area (Å²) >= 11 is 0. The largest absolute Gasteiger partial charge is 0.466 e. The van der Waals surface area contributed by atoms with Gasteiger partial charge in [-0.25, -0.2) is 0 Å². The molecule has 0 amide bonds. The Bertz CT molecular complexity index is 267. The van der Waals surface area contributed by atoms with Crippen molar-refractivity contribution >= 4 is 5.97 Å². The summed E-state index contributed by atoms with van der Waals surface area (Å²) in [6, 6.07) is 10.2. The van der Waals surface area contributed by atoms with Gasteiger partial charge in [0.2, 0.25) is 0 Å². The van der Waals surface area contributed by atoms with Crippen LogP contribution < -0.4 is 0 Å². The molecule has 2 heteroatoms. The van der Waals surface area contributed by atoms with E-state index in [1.165, 1.54) is 5.56 Å². The van der Waals surface area contributed by atoms with Crippen LogP contribution in [0.2, 0.25) is 0 Å². The van der Waals surface area contributed by atoms with E-state index in [4.69, 9.17) is 4.74 Å². The molecule has 76 valence electrons. The molecule has 0 aromatic heterocycles. The molecular formula is C12H16O2. The van der Waals surface area contributed by atoms with Crippen LogP contribution in [0, 0.1) is 0 Å². The summed E-state index contributed by atoms with van der Waals surface area (Å²) < 4.78 is 4.84. The highest BCUT2D eigenvalue weighted by Gasteiger charge is 2.00. The molecule has 0 heterocycles. The van der Waals surface area contributed by atoms with Gasteiger partial charge in [-0.2, -0.15) is 0 Å². The lowest BCUT2D eigenvalue weighted by Gasteiger charge is -2.01. The van der Waals surface area contributed by atoms with Gasteiger partial charge in [0.25, 0.3) is 0 Å². The minimum absolute atomic E-state index is 0.0940. The fourth-order valence-electron chi connectivity index (χ4n) is 1.31. The second kappa shape index (κ2) is 6.19. The van der Waals surface area contributed by atoms with E-state index in [0.717, 1.165) is 12.8 Å². The van der Waals surface area contributed by atoms with E-state index in [0.29, 0.717) is 13.0 Å². The van der Waals surface area contributed by atoms with Crippen LogP contribution in [0.1, 0.15) is 25.3 Å². The van der Waals surface area contributed by atoms with Gasteiger partial charge in [-0.1, -0.05) is 30.3 Å². The molecule has 0 spiro atoms. The molecule has 1 aromatic rings. The van der Waals surface area contributed by atoms with Crippen LogP contribution in [-0.2, 0) is 16.0 Å². The van der Waals surface area contributed by atoms with Gasteiger partial charge in [-0.15, -0.1) is 0 Å². The van der Waals surface area contributed by atoms with E-state index in [1.54, 1.807) is 0 Å². The van der Waals surface area contributed by atoms with Crippen molar-refractivity contribution in [3.05, 3.63) is 35.9 Å². The SMILES string of the molecule is CCOC(=O)CCCc1ccccc1. The molecule has 0 radical (unpaired) electrons. The number of esters is 1. The summed E-state index contributed by atoms with van der Waals surface area (Å²) in [7, 11) is 0. The number of carbonyl (C=O) groups is 1. The number of aryl methyl sites for hydroxylation is 1. The molecular weight excluding hydrogens is 176 g/mol. The van der Waals surface area contributed by atoms with Crippen molar-refractivity contribution in [1.82, 2.24) is 0 Å². The number of hydrogen-bond acceptors (Lipinski definition) is 2. The van der Waals surface area contributed by atoms with E-state index in [9.17, 15) is 4.79 Å². The Morgan fingerprint density at radius 1 is 1.29 bits per heavy atom. The zero-order valence-electron chi connectivity index (χ0n) is 8.53. The van der Waals surface area contributed by atoms with Gasteiger partial charge >= 0.3 is 5.97 Å². The van der Waals surface area contributed by atoms with Crippen molar-refractivity contribution in [2.45, 2.75) is 26.2 Å². The number of rotatable bonds is 5. The molecule has 1 aromatic carbocycles. The Hall–Kier alpha value is -1.31. The predicted octanol–water partition coefficient (Wildman–Crippen LogP) is 2.57. The van der Waals surface area contributed by atoms with Gasteiger partial charge in [0.1, 0.15) is 0 Å². The molecule has 0 aliphatic heterocycles. The molecule has 0 N–H and O–H groups in total. The number of hydrogen-bond donors (Lipinski definition) is 0. The fourth-order valence-corrected chi connectivity index (χ4v) is 1.31. The molecule has 0 bridgehead atoms. The zero-order chi connectivity index (χ0) is 10.2. The maximum atomic E-state index is 11.0. The topological polar surface area (TPSA) is 26.3 Å². The molecule has 1 rings (SSSR count). The zero-order valence-corrected chi connectivity index (χ0v) is 8.53. The molecule has 0 aliphatic rings. The van der Waals surface area contributed by atoms with Crippen molar-refractivity contribution in [3.8, 4) is 0 Å². The minimum Gasteiger partial charge on any atom is -0.466 e. The summed E-state index contributed by atoms with van der Waals surface area (Å²) in [6.07, 6.45) is 2.32. The van der Waals surface area contributed by atoms with Crippen molar-refractivity contribution in [1.29, 1.82) is 0 Å². The van der Waals surface area contributed by atoms with E-state index in [1.807, 2.05) is 25.1 Å². The van der Waals surface area contributed by atoms with Crippen LogP contribution in [0.5, 0.6) is 0 Å². The Kier molecular flexibility index (Phi) is 4.76. The van der Waals surface area contributed by atoms with Gasteiger partial charge in [0.15, 0.2) is 0 Å². The van der Waals surface area contributed by atoms with Crippen LogP contribution >= 0.6 is 0 Å². The summed E-state index contributed by atoms with van der Waals surface area (Å²) in [5.41, 5.74) is 1.27. The van der Waals surface area contributed by atoms with Crippen LogP contribution in [0.3, 0.4) is 0 Å². The highest BCUT2D eigenvalue weighted by Crippen LogP contribution is 2.04. The summed E-state index contributed by atoms with van der Waals surface area (Å²) in [5.74, 6) is -0.0940. The van der Waals surface area contributed by atoms with Crippen molar-refractivity contribution in [2.24, 2.45) is 0 Å². The Morgan fingerprint density at radius 3 is 2.64 bits per heavy atom. The van der Waals surface area contributed by atoms with Gasteiger partial charge in [-0.05, 0) is 25.3 Å². The molecule has 14 heavy (non-hydrogen) atoms. The fraction of sp³-hybridized carbons (Fsp3) is 0.417. The second-order valence-corrected chi connectivity index (χ2v) is 3.14. The molecule has 0 saturated carbocycles. The lowest BCUT2D eigenvalue weighted by Crippen LogP contribution is -2.03. The van der Waals surface area contributed by atoms with Crippen LogP contribution in [0.4, 0.5) is 0 Å². The van der Waals surface area contributed by atoms with E-state index < -0.39 is 0 Å². The molecule has 0 saturated heterocycles. The van der Waals surface area contributed by atoms with Crippen LogP contribution in [0.25, 0.3) is 0 Å². The van der Waals surface area contributed by atoms with E-state index in [2.05, 4.69) is 12.1 Å². The highest BCUT2D eigenvalue weighted by atomic mass is 16.5. The Labute approximate surface area is 84.9 Å². The van der Waals surface area contributed by atoms with Gasteiger partial charge in [0, 0.05) is 6.42 Å². The van der Waals surface area contributed by atoms with Gasteiger partial charge < -0.3 is 4.74 Å². The average molecular weight is 192 g/mol.